The average molecular weight is 330 g/mol. The van der Waals surface area contributed by atoms with Gasteiger partial charge in [-0.25, -0.2) is 15.0 Å². The van der Waals surface area contributed by atoms with Crippen LogP contribution in [0.3, 0.4) is 0 Å². The normalized spacial score (nSPS) is 11.0. The maximum atomic E-state index is 12.0. The van der Waals surface area contributed by atoms with Crippen LogP contribution in [0.15, 0.2) is 24.3 Å². The van der Waals surface area contributed by atoms with E-state index in [-0.39, 0.29) is 5.78 Å². The van der Waals surface area contributed by atoms with E-state index in [9.17, 15) is 4.79 Å². The highest BCUT2D eigenvalue weighted by Crippen LogP contribution is 2.23. The Morgan fingerprint density at radius 3 is 2.74 bits per heavy atom. The van der Waals surface area contributed by atoms with Crippen LogP contribution in [0.4, 0.5) is 5.82 Å². The maximum absolute atomic E-state index is 12.0. The third kappa shape index (κ3) is 2.90. The molecule has 3 rings (SSSR count). The van der Waals surface area contributed by atoms with Crippen molar-refractivity contribution in [1.29, 1.82) is 0 Å². The molecular weight excluding hydrogens is 314 g/mol. The summed E-state index contributed by atoms with van der Waals surface area (Å²) < 4.78 is 1.80. The second kappa shape index (κ2) is 5.96. The molecule has 3 aromatic rings. The number of fused-ring (bicyclic) bond motifs is 1. The van der Waals surface area contributed by atoms with Gasteiger partial charge in [-0.15, -0.1) is 0 Å². The molecule has 23 heavy (non-hydrogen) atoms. The Hall–Kier alpha value is -2.47. The van der Waals surface area contributed by atoms with Crippen LogP contribution in [0, 0.1) is 6.92 Å². The van der Waals surface area contributed by atoms with Crippen LogP contribution in [-0.4, -0.2) is 32.3 Å². The third-order valence-electron chi connectivity index (χ3n) is 3.49. The van der Waals surface area contributed by atoms with E-state index in [1.165, 1.54) is 6.92 Å². The number of Topliss-reactive ketones (excluding diaryl/α,β-unsaturated/α-hetero) is 1. The molecule has 0 aliphatic heterocycles. The number of ketones is 1. The van der Waals surface area contributed by atoms with Crippen molar-refractivity contribution in [2.24, 2.45) is 0 Å². The molecule has 1 aromatic carbocycles. The number of hydrogen-bond acceptors (Lipinski definition) is 5. The summed E-state index contributed by atoms with van der Waals surface area (Å²) in [5, 5.41) is 3.65. The summed E-state index contributed by atoms with van der Waals surface area (Å²) in [5.74, 6) is 1.46. The summed E-state index contributed by atoms with van der Waals surface area (Å²) in [6, 6.07) is 7.51. The number of nitrogens with one attached hydrogen (secondary N) is 1. The van der Waals surface area contributed by atoms with Gasteiger partial charge in [0.1, 0.15) is 5.82 Å². The monoisotopic (exact) mass is 329 g/mol. The highest BCUT2D eigenvalue weighted by molar-refractivity contribution is 6.30. The second-order valence-electron chi connectivity index (χ2n) is 5.25. The van der Waals surface area contributed by atoms with Gasteiger partial charge >= 0.3 is 0 Å². The molecule has 0 aliphatic carbocycles. The van der Waals surface area contributed by atoms with Gasteiger partial charge in [-0.3, -0.25) is 4.79 Å². The molecule has 0 amide bonds. The largest absolute Gasteiger partial charge is 0.371 e. The number of rotatable bonds is 4. The molecule has 0 fully saturated rings. The summed E-state index contributed by atoms with van der Waals surface area (Å²) >= 11 is 6.05. The van der Waals surface area contributed by atoms with Gasteiger partial charge in [0, 0.05) is 19.0 Å². The number of nitrogens with zero attached hydrogens (tertiary/aromatic N) is 4. The molecule has 7 heteroatoms. The Bertz CT molecular complexity index is 903. The zero-order valence-electron chi connectivity index (χ0n) is 13.1. The highest BCUT2D eigenvalue weighted by Gasteiger charge is 2.19. The molecule has 118 valence electrons. The zero-order chi connectivity index (χ0) is 16.6. The van der Waals surface area contributed by atoms with E-state index in [1.807, 2.05) is 31.2 Å². The third-order valence-corrected chi connectivity index (χ3v) is 3.72. The SMILES string of the molecule is CNc1nc(C)nc2c1nc(C(C)=O)n2Cc1cccc(Cl)c1. The number of carbonyl (C=O) groups is 1. The number of halogens is 1. The maximum Gasteiger partial charge on any atom is 0.195 e. The van der Waals surface area contributed by atoms with Gasteiger partial charge < -0.3 is 9.88 Å². The Balaban J connectivity index is 2.22. The lowest BCUT2D eigenvalue weighted by molar-refractivity contribution is 0.100. The first kappa shape index (κ1) is 15.4. The van der Waals surface area contributed by atoms with Gasteiger partial charge in [-0.1, -0.05) is 23.7 Å². The van der Waals surface area contributed by atoms with Crippen LogP contribution < -0.4 is 5.32 Å². The number of carbonyl (C=O) groups excluding carboxylic acids is 1. The Morgan fingerprint density at radius 2 is 2.09 bits per heavy atom. The first-order chi connectivity index (χ1) is 11.0. The number of anilines is 1. The smallest absolute Gasteiger partial charge is 0.195 e. The fraction of sp³-hybridized carbons (Fsp3) is 0.250. The van der Waals surface area contributed by atoms with Gasteiger partial charge in [0.2, 0.25) is 0 Å². The van der Waals surface area contributed by atoms with E-state index in [4.69, 9.17) is 11.6 Å². The highest BCUT2D eigenvalue weighted by atomic mass is 35.5. The predicted octanol–water partition coefficient (Wildman–Crippen LogP) is 3.08. The molecule has 2 aromatic heterocycles. The van der Waals surface area contributed by atoms with Crippen LogP contribution in [0.5, 0.6) is 0 Å². The van der Waals surface area contributed by atoms with Gasteiger partial charge in [0.15, 0.2) is 28.6 Å². The second-order valence-corrected chi connectivity index (χ2v) is 5.69. The molecule has 0 bridgehead atoms. The first-order valence-corrected chi connectivity index (χ1v) is 7.55. The fourth-order valence-corrected chi connectivity index (χ4v) is 2.73. The summed E-state index contributed by atoms with van der Waals surface area (Å²) in [4.78, 5) is 25.2. The lowest BCUT2D eigenvalue weighted by Gasteiger charge is -2.08. The number of aryl methyl sites for hydroxylation is 1. The van der Waals surface area contributed by atoms with Crippen molar-refractivity contribution in [3.8, 4) is 0 Å². The van der Waals surface area contributed by atoms with Crippen molar-refractivity contribution in [3.63, 3.8) is 0 Å². The van der Waals surface area contributed by atoms with E-state index in [0.29, 0.717) is 40.2 Å². The average Bonchev–Trinajstić information content (AvgIpc) is 2.85. The van der Waals surface area contributed by atoms with E-state index in [0.717, 1.165) is 5.56 Å². The van der Waals surface area contributed by atoms with Gasteiger partial charge in [0.05, 0.1) is 6.54 Å². The number of benzene rings is 1. The topological polar surface area (TPSA) is 72.7 Å². The van der Waals surface area contributed by atoms with E-state index < -0.39 is 0 Å². The van der Waals surface area contributed by atoms with Crippen molar-refractivity contribution in [1.82, 2.24) is 19.5 Å². The van der Waals surface area contributed by atoms with E-state index in [2.05, 4.69) is 20.3 Å². The van der Waals surface area contributed by atoms with E-state index in [1.54, 1.807) is 11.6 Å². The van der Waals surface area contributed by atoms with Crippen LogP contribution in [0.2, 0.25) is 5.02 Å². The lowest BCUT2D eigenvalue weighted by Crippen LogP contribution is -2.10. The van der Waals surface area contributed by atoms with Crippen molar-refractivity contribution in [2.75, 3.05) is 12.4 Å². The van der Waals surface area contributed by atoms with Crippen LogP contribution in [0.1, 0.15) is 28.9 Å². The fourth-order valence-electron chi connectivity index (χ4n) is 2.52. The Morgan fingerprint density at radius 1 is 1.30 bits per heavy atom. The van der Waals surface area contributed by atoms with Crippen molar-refractivity contribution < 1.29 is 4.79 Å². The predicted molar refractivity (Wildman–Crippen MR) is 90.2 cm³/mol. The first-order valence-electron chi connectivity index (χ1n) is 7.17. The molecule has 0 saturated heterocycles. The van der Waals surface area contributed by atoms with E-state index >= 15 is 0 Å². The van der Waals surface area contributed by atoms with Crippen LogP contribution >= 0.6 is 11.6 Å². The van der Waals surface area contributed by atoms with Gasteiger partial charge in [-0.2, -0.15) is 0 Å². The van der Waals surface area contributed by atoms with Crippen molar-refractivity contribution in [3.05, 3.63) is 46.5 Å². The molecule has 0 unspecified atom stereocenters. The zero-order valence-corrected chi connectivity index (χ0v) is 13.8. The van der Waals surface area contributed by atoms with Crippen LogP contribution in [0.25, 0.3) is 11.2 Å². The molecule has 2 heterocycles. The van der Waals surface area contributed by atoms with Gasteiger partial charge in [0.25, 0.3) is 0 Å². The molecule has 0 saturated carbocycles. The summed E-state index contributed by atoms with van der Waals surface area (Å²) in [6.45, 7) is 3.77. The minimum absolute atomic E-state index is 0.121. The summed E-state index contributed by atoms with van der Waals surface area (Å²) in [7, 11) is 1.77. The lowest BCUT2D eigenvalue weighted by atomic mass is 10.2. The Labute approximate surface area is 138 Å². The minimum Gasteiger partial charge on any atom is -0.371 e. The molecule has 0 atom stereocenters. The standard InChI is InChI=1S/C16H16ClN5O/c1-9(23)15-21-13-14(18-3)19-10(2)20-16(13)22(15)8-11-5-4-6-12(17)7-11/h4-7H,8H2,1-3H3,(H,18,19,20). The minimum atomic E-state index is -0.121. The van der Waals surface area contributed by atoms with Gasteiger partial charge in [-0.05, 0) is 24.6 Å². The number of imidazole rings is 1. The molecule has 0 radical (unpaired) electrons. The molecule has 1 N–H and O–H groups in total. The molecule has 6 nitrogen and oxygen atoms in total. The number of hydrogen-bond donors (Lipinski definition) is 1. The van der Waals surface area contributed by atoms with Crippen molar-refractivity contribution in [2.45, 2.75) is 20.4 Å². The number of aromatic nitrogens is 4. The summed E-state index contributed by atoms with van der Waals surface area (Å²) in [6.07, 6.45) is 0. The molecule has 0 aliphatic rings. The quantitative estimate of drug-likeness (QED) is 0.745. The molecular formula is C16H16ClN5O. The molecule has 0 spiro atoms. The van der Waals surface area contributed by atoms with Crippen LogP contribution in [-0.2, 0) is 6.54 Å². The Kier molecular flexibility index (Phi) is 4.00. The van der Waals surface area contributed by atoms with Crippen molar-refractivity contribution >= 4 is 34.4 Å². The summed E-state index contributed by atoms with van der Waals surface area (Å²) in [5.41, 5.74) is 2.19.